The van der Waals surface area contributed by atoms with E-state index in [1.54, 1.807) is 19.3 Å². The smallest absolute Gasteiger partial charge is 0.303 e. The van der Waals surface area contributed by atoms with Gasteiger partial charge < -0.3 is 30.8 Å². The lowest BCUT2D eigenvalue weighted by molar-refractivity contribution is -0.137. The molecular weight excluding hydrogens is 697 g/mol. The van der Waals surface area contributed by atoms with Crippen LogP contribution in [-0.4, -0.2) is 64.9 Å². The molecule has 1 fully saturated rings. The molecule has 5 N–H and O–H groups in total. The molecule has 0 spiro atoms. The van der Waals surface area contributed by atoms with Gasteiger partial charge in [0, 0.05) is 42.6 Å². The molecule has 2 aromatic carbocycles. The summed E-state index contributed by atoms with van der Waals surface area (Å²) in [5.41, 5.74) is 9.02. The van der Waals surface area contributed by atoms with Crippen LogP contribution in [0.4, 0.5) is 0 Å². The van der Waals surface area contributed by atoms with E-state index in [1.165, 1.54) is 37.0 Å². The Hall–Kier alpha value is -4.93. The Balaban J connectivity index is 0.000000837. The maximum atomic E-state index is 12.6. The minimum atomic E-state index is -0.764. The molecule has 4 rings (SSSR count). The molecule has 1 aliphatic heterocycles. The maximum Gasteiger partial charge on any atom is 0.303 e. The minimum Gasteiger partial charge on any atom is -0.496 e. The van der Waals surface area contributed by atoms with Gasteiger partial charge in [0.05, 0.1) is 19.2 Å². The van der Waals surface area contributed by atoms with Gasteiger partial charge in [0.15, 0.2) is 5.43 Å². The van der Waals surface area contributed by atoms with Crippen LogP contribution in [-0.2, 0) is 25.6 Å². The molecule has 1 aromatic heterocycles. The molecule has 2 heterocycles. The van der Waals surface area contributed by atoms with E-state index in [4.69, 9.17) is 15.6 Å². The second kappa shape index (κ2) is 30.4. The van der Waals surface area contributed by atoms with Crippen LogP contribution in [0.25, 0.3) is 22.2 Å². The number of primary amides is 1. The number of amides is 3. The number of likely N-dealkylation sites (tertiary alicyclic amines) is 1. The number of aliphatic carboxylic acids is 1. The second-order valence-electron chi connectivity index (χ2n) is 12.8. The van der Waals surface area contributed by atoms with E-state index in [0.29, 0.717) is 25.8 Å². The van der Waals surface area contributed by atoms with E-state index in [2.05, 4.69) is 37.7 Å². The van der Waals surface area contributed by atoms with Crippen molar-refractivity contribution >= 4 is 34.6 Å². The number of carboxylic acids is 1. The number of carboxylic acid groups (broad SMARTS) is 1. The molecule has 0 aliphatic carbocycles. The Morgan fingerprint density at radius 3 is 2.16 bits per heavy atom. The van der Waals surface area contributed by atoms with Crippen molar-refractivity contribution in [3.8, 4) is 17.0 Å². The van der Waals surface area contributed by atoms with Crippen LogP contribution in [0.2, 0.25) is 0 Å². The van der Waals surface area contributed by atoms with Crippen LogP contribution in [0.1, 0.15) is 124 Å². The third kappa shape index (κ3) is 19.8. The molecule has 11 nitrogen and oxygen atoms in total. The van der Waals surface area contributed by atoms with Crippen molar-refractivity contribution in [2.75, 3.05) is 20.2 Å². The summed E-state index contributed by atoms with van der Waals surface area (Å²) in [7, 11) is 1.69. The third-order valence-electron chi connectivity index (χ3n) is 8.49. The highest BCUT2D eigenvalue weighted by molar-refractivity contribution is 5.90. The average molecular weight is 765 g/mol. The van der Waals surface area contributed by atoms with Crippen molar-refractivity contribution in [1.82, 2.24) is 15.2 Å². The fraction of sp³-hybridized carbons (Fsp3) is 0.523. The number of carbonyl (C=O) groups is 4. The number of nitrogens with zero attached hydrogens (tertiary/aromatic N) is 1. The highest BCUT2D eigenvalue weighted by Gasteiger charge is 2.32. The normalized spacial score (nSPS) is 12.6. The molecule has 55 heavy (non-hydrogen) atoms. The van der Waals surface area contributed by atoms with Gasteiger partial charge in [-0.3, -0.25) is 24.0 Å². The van der Waals surface area contributed by atoms with Gasteiger partial charge in [-0.15, -0.1) is 6.58 Å². The van der Waals surface area contributed by atoms with E-state index in [-0.39, 0.29) is 30.2 Å². The number of rotatable bonds is 16. The van der Waals surface area contributed by atoms with Gasteiger partial charge in [0.25, 0.3) is 0 Å². The number of carbonyl (C=O) groups excluding carboxylic acids is 3. The Morgan fingerprint density at radius 2 is 1.64 bits per heavy atom. The van der Waals surface area contributed by atoms with Crippen LogP contribution in [0.15, 0.2) is 66.0 Å². The number of aromatic nitrogens is 1. The number of unbranched alkanes of at least 4 members (excludes halogenated alkanes) is 4. The first kappa shape index (κ1) is 50.1. The predicted octanol–water partition coefficient (Wildman–Crippen LogP) is 8.58. The molecule has 0 radical (unpaired) electrons. The van der Waals surface area contributed by atoms with Gasteiger partial charge in [0.1, 0.15) is 11.8 Å². The monoisotopic (exact) mass is 765 g/mol. The van der Waals surface area contributed by atoms with Crippen LogP contribution in [0, 0.1) is 0 Å². The number of pyridine rings is 1. The molecule has 1 unspecified atom stereocenters. The number of hydrogen-bond acceptors (Lipinski definition) is 6. The van der Waals surface area contributed by atoms with E-state index >= 15 is 0 Å². The number of hydrogen-bond donors (Lipinski definition) is 4. The first-order valence-electron chi connectivity index (χ1n) is 19.9. The van der Waals surface area contributed by atoms with E-state index in [0.717, 1.165) is 59.2 Å². The lowest BCUT2D eigenvalue weighted by Crippen LogP contribution is -2.47. The molecule has 1 atom stereocenters. The number of benzene rings is 2. The topological polar surface area (TPSA) is 172 Å². The molecule has 3 aromatic rings. The fourth-order valence-electron chi connectivity index (χ4n) is 5.40. The molecular formula is C44H68N4O7. The Kier molecular flexibility index (Phi) is 27.7. The third-order valence-corrected chi connectivity index (χ3v) is 8.49. The molecule has 11 heteroatoms. The number of allylic oxidation sites excluding steroid dienone is 1. The Labute approximate surface area is 329 Å². The van der Waals surface area contributed by atoms with Gasteiger partial charge in [-0.05, 0) is 55.7 Å². The number of aryl methyl sites for hydroxylation is 1. The summed E-state index contributed by atoms with van der Waals surface area (Å²) in [6.45, 7) is 16.3. The standard InChI is InChI=1S/C22H25NO2.C11H19N3O3.C5H8O2.C4H10.C2H6/c1-3-4-5-7-12-17-13-18-20(15-22(17)25-2)23-19(14-21(18)24)16-10-8-6-9-11-16;1-2-4-9(15)13-7-10(16)14-6-3-5-8(14)11(12)17;1-2-3-4-5(6)7;1-3-4-2;1-2/h6,8-11,13-15H,3-5,7,12H2,1-2H3,(H,23,24);8H,2-7H2,1H3,(H2,12,17)(H,13,15);2H,1,3-4H2,(H,6,7);3-4H2,1-2H3;1-2H3. The minimum absolute atomic E-state index is 0.0464. The zero-order valence-corrected chi connectivity index (χ0v) is 34.5. The van der Waals surface area contributed by atoms with Crippen LogP contribution in [0.5, 0.6) is 5.75 Å². The molecule has 0 bridgehead atoms. The summed E-state index contributed by atoms with van der Waals surface area (Å²) in [5.74, 6) is -0.771. The van der Waals surface area contributed by atoms with Crippen LogP contribution in [0.3, 0.4) is 0 Å². The number of fused-ring (bicyclic) bond motifs is 1. The summed E-state index contributed by atoms with van der Waals surface area (Å²) >= 11 is 0. The number of H-pyrrole nitrogens is 1. The lowest BCUT2D eigenvalue weighted by Gasteiger charge is -2.22. The number of aromatic amines is 1. The van der Waals surface area contributed by atoms with Crippen molar-refractivity contribution in [2.45, 2.75) is 131 Å². The first-order chi connectivity index (χ1) is 26.5. The van der Waals surface area contributed by atoms with Crippen molar-refractivity contribution in [3.05, 3.63) is 77.0 Å². The zero-order chi connectivity index (χ0) is 41.6. The van der Waals surface area contributed by atoms with Crippen molar-refractivity contribution in [3.63, 3.8) is 0 Å². The molecule has 306 valence electrons. The van der Waals surface area contributed by atoms with Gasteiger partial charge in [-0.2, -0.15) is 0 Å². The average Bonchev–Trinajstić information content (AvgIpc) is 3.70. The summed E-state index contributed by atoms with van der Waals surface area (Å²) in [6, 6.07) is 15.0. The van der Waals surface area contributed by atoms with Gasteiger partial charge in [-0.25, -0.2) is 0 Å². The first-order valence-corrected chi connectivity index (χ1v) is 19.9. The number of nitrogens with one attached hydrogen (secondary N) is 2. The number of methoxy groups -OCH3 is 1. The van der Waals surface area contributed by atoms with Crippen molar-refractivity contribution in [2.24, 2.45) is 5.73 Å². The van der Waals surface area contributed by atoms with E-state index in [1.807, 2.05) is 63.2 Å². The fourth-order valence-corrected chi connectivity index (χ4v) is 5.40. The van der Waals surface area contributed by atoms with Gasteiger partial charge in [-0.1, -0.05) is 110 Å². The van der Waals surface area contributed by atoms with Crippen molar-refractivity contribution < 1.29 is 29.0 Å². The largest absolute Gasteiger partial charge is 0.496 e. The summed E-state index contributed by atoms with van der Waals surface area (Å²) in [6.07, 6.45) is 13.3. The predicted molar refractivity (Wildman–Crippen MR) is 225 cm³/mol. The van der Waals surface area contributed by atoms with E-state index < -0.39 is 17.9 Å². The number of nitrogens with two attached hydrogens (primary N) is 1. The van der Waals surface area contributed by atoms with Crippen LogP contribution >= 0.6 is 0 Å². The molecule has 1 saturated heterocycles. The van der Waals surface area contributed by atoms with Crippen molar-refractivity contribution in [1.29, 1.82) is 0 Å². The van der Waals surface area contributed by atoms with E-state index in [9.17, 15) is 24.0 Å². The highest BCUT2D eigenvalue weighted by Crippen LogP contribution is 2.27. The van der Waals surface area contributed by atoms with Gasteiger partial charge >= 0.3 is 5.97 Å². The lowest BCUT2D eigenvalue weighted by atomic mass is 10.0. The summed E-state index contributed by atoms with van der Waals surface area (Å²) in [4.78, 5) is 61.3. The summed E-state index contributed by atoms with van der Waals surface area (Å²) in [5, 5.41) is 11.3. The zero-order valence-electron chi connectivity index (χ0n) is 34.5. The highest BCUT2D eigenvalue weighted by atomic mass is 16.5. The summed E-state index contributed by atoms with van der Waals surface area (Å²) < 4.78 is 5.57. The Bertz CT molecular complexity index is 1620. The maximum absolute atomic E-state index is 12.6. The molecule has 0 saturated carbocycles. The second-order valence-corrected chi connectivity index (χ2v) is 12.8. The quantitative estimate of drug-likeness (QED) is 0.0836. The SMILES string of the molecule is C=CCCC(=O)O.CC.CCCC.CCCC(=O)NCC(=O)N1CCCC1C(N)=O.CCCCCCc1cc2c(=O)cc(-c3ccccc3)[nH]c2cc1OC. The van der Waals surface area contributed by atoms with Gasteiger partial charge in [0.2, 0.25) is 17.7 Å². The molecule has 1 aliphatic rings. The van der Waals surface area contributed by atoms with Crippen LogP contribution < -0.4 is 21.2 Å². The molecule has 3 amide bonds. The Morgan fingerprint density at radius 1 is 0.964 bits per heavy atom. The number of ether oxygens (including phenoxy) is 1.